The lowest BCUT2D eigenvalue weighted by Gasteiger charge is -2.06. The van der Waals surface area contributed by atoms with Gasteiger partial charge in [-0.25, -0.2) is 0 Å². The van der Waals surface area contributed by atoms with Crippen LogP contribution in [0.4, 0.5) is 0 Å². The highest BCUT2D eigenvalue weighted by atomic mass is 16.5. The van der Waals surface area contributed by atoms with Crippen LogP contribution in [0.15, 0.2) is 30.3 Å². The SMILES string of the molecule is C/C=C(/CCO)c1ccc(OC)cc1. The summed E-state index contributed by atoms with van der Waals surface area (Å²) in [6.45, 7) is 2.17. The minimum Gasteiger partial charge on any atom is -0.497 e. The van der Waals surface area contributed by atoms with Gasteiger partial charge in [-0.2, -0.15) is 0 Å². The molecule has 0 aliphatic heterocycles. The van der Waals surface area contributed by atoms with Crippen molar-refractivity contribution >= 4 is 5.57 Å². The number of rotatable bonds is 4. The van der Waals surface area contributed by atoms with Crippen molar-refractivity contribution in [3.05, 3.63) is 35.9 Å². The zero-order valence-electron chi connectivity index (χ0n) is 8.66. The van der Waals surface area contributed by atoms with E-state index in [1.54, 1.807) is 7.11 Å². The Bertz CT molecular complexity index is 299. The van der Waals surface area contributed by atoms with Gasteiger partial charge in [0.25, 0.3) is 0 Å². The topological polar surface area (TPSA) is 29.5 Å². The first kappa shape index (κ1) is 10.8. The smallest absolute Gasteiger partial charge is 0.118 e. The van der Waals surface area contributed by atoms with Crippen LogP contribution in [0.3, 0.4) is 0 Å². The molecule has 0 heterocycles. The first-order valence-electron chi connectivity index (χ1n) is 4.72. The van der Waals surface area contributed by atoms with Crippen LogP contribution in [0, 0.1) is 0 Å². The van der Waals surface area contributed by atoms with Crippen LogP contribution in [-0.2, 0) is 0 Å². The number of methoxy groups -OCH3 is 1. The molecule has 0 saturated heterocycles. The van der Waals surface area contributed by atoms with Crippen LogP contribution < -0.4 is 4.74 Å². The molecule has 0 amide bonds. The molecule has 2 heteroatoms. The van der Waals surface area contributed by atoms with Crippen molar-refractivity contribution in [1.82, 2.24) is 0 Å². The Morgan fingerprint density at radius 3 is 2.43 bits per heavy atom. The van der Waals surface area contributed by atoms with Crippen molar-refractivity contribution in [2.24, 2.45) is 0 Å². The van der Waals surface area contributed by atoms with Gasteiger partial charge >= 0.3 is 0 Å². The highest BCUT2D eigenvalue weighted by Crippen LogP contribution is 2.20. The highest BCUT2D eigenvalue weighted by Gasteiger charge is 1.99. The van der Waals surface area contributed by atoms with E-state index in [2.05, 4.69) is 0 Å². The van der Waals surface area contributed by atoms with Gasteiger partial charge in [-0.3, -0.25) is 0 Å². The summed E-state index contributed by atoms with van der Waals surface area (Å²) in [5, 5.41) is 8.86. The standard InChI is InChI=1S/C12H16O2/c1-3-10(8-9-13)11-4-6-12(14-2)7-5-11/h3-7,13H,8-9H2,1-2H3/b10-3-. The lowest BCUT2D eigenvalue weighted by molar-refractivity contribution is 0.305. The molecule has 76 valence electrons. The zero-order chi connectivity index (χ0) is 10.4. The fourth-order valence-corrected chi connectivity index (χ4v) is 1.38. The van der Waals surface area contributed by atoms with E-state index in [4.69, 9.17) is 9.84 Å². The Morgan fingerprint density at radius 2 is 2.00 bits per heavy atom. The minimum atomic E-state index is 0.186. The van der Waals surface area contributed by atoms with Crippen molar-refractivity contribution in [2.75, 3.05) is 13.7 Å². The first-order chi connectivity index (χ1) is 6.81. The molecule has 1 rings (SSSR count). The predicted molar refractivity (Wildman–Crippen MR) is 58.3 cm³/mol. The number of aliphatic hydroxyl groups is 1. The molecule has 1 aromatic rings. The third-order valence-electron chi connectivity index (χ3n) is 2.19. The molecular weight excluding hydrogens is 176 g/mol. The van der Waals surface area contributed by atoms with Gasteiger partial charge in [0.2, 0.25) is 0 Å². The maximum atomic E-state index is 8.86. The number of ether oxygens (including phenoxy) is 1. The number of hydrogen-bond donors (Lipinski definition) is 1. The Hall–Kier alpha value is -1.28. The Kier molecular flexibility index (Phi) is 4.20. The minimum absolute atomic E-state index is 0.186. The monoisotopic (exact) mass is 192 g/mol. The maximum absolute atomic E-state index is 8.86. The molecule has 0 aliphatic carbocycles. The van der Waals surface area contributed by atoms with Crippen molar-refractivity contribution in [3.8, 4) is 5.75 Å². The molecule has 0 saturated carbocycles. The van der Waals surface area contributed by atoms with Gasteiger partial charge in [0.1, 0.15) is 5.75 Å². The summed E-state index contributed by atoms with van der Waals surface area (Å²) in [5.74, 6) is 0.855. The number of benzene rings is 1. The largest absolute Gasteiger partial charge is 0.497 e. The molecule has 2 nitrogen and oxygen atoms in total. The summed E-state index contributed by atoms with van der Waals surface area (Å²) < 4.78 is 5.07. The summed E-state index contributed by atoms with van der Waals surface area (Å²) in [4.78, 5) is 0. The maximum Gasteiger partial charge on any atom is 0.118 e. The highest BCUT2D eigenvalue weighted by molar-refractivity contribution is 5.65. The average Bonchev–Trinajstić information content (AvgIpc) is 2.26. The lowest BCUT2D eigenvalue weighted by atomic mass is 10.0. The average molecular weight is 192 g/mol. The van der Waals surface area contributed by atoms with E-state index >= 15 is 0 Å². The summed E-state index contributed by atoms with van der Waals surface area (Å²) in [6.07, 6.45) is 2.72. The summed E-state index contributed by atoms with van der Waals surface area (Å²) >= 11 is 0. The molecule has 0 unspecified atom stereocenters. The van der Waals surface area contributed by atoms with E-state index in [0.717, 1.165) is 16.9 Å². The van der Waals surface area contributed by atoms with Crippen molar-refractivity contribution in [1.29, 1.82) is 0 Å². The van der Waals surface area contributed by atoms with E-state index in [9.17, 15) is 0 Å². The van der Waals surface area contributed by atoms with Crippen molar-refractivity contribution < 1.29 is 9.84 Å². The quantitative estimate of drug-likeness (QED) is 0.794. The molecular formula is C12H16O2. The third-order valence-corrected chi connectivity index (χ3v) is 2.19. The van der Waals surface area contributed by atoms with E-state index in [-0.39, 0.29) is 6.61 Å². The van der Waals surface area contributed by atoms with Crippen LogP contribution in [0.1, 0.15) is 18.9 Å². The number of aliphatic hydroxyl groups excluding tert-OH is 1. The van der Waals surface area contributed by atoms with Crippen LogP contribution in [-0.4, -0.2) is 18.8 Å². The molecule has 0 aromatic heterocycles. The lowest BCUT2D eigenvalue weighted by Crippen LogP contribution is -1.89. The molecule has 0 atom stereocenters. The first-order valence-corrected chi connectivity index (χ1v) is 4.72. The van der Waals surface area contributed by atoms with Gasteiger partial charge in [0.05, 0.1) is 7.11 Å². The summed E-state index contributed by atoms with van der Waals surface area (Å²) in [5.41, 5.74) is 2.30. The molecule has 0 spiro atoms. The molecule has 0 aliphatic rings. The van der Waals surface area contributed by atoms with E-state index in [1.165, 1.54) is 0 Å². The van der Waals surface area contributed by atoms with Crippen LogP contribution in [0.5, 0.6) is 5.75 Å². The second kappa shape index (κ2) is 5.45. The van der Waals surface area contributed by atoms with E-state index < -0.39 is 0 Å². The second-order valence-electron chi connectivity index (χ2n) is 3.02. The number of allylic oxidation sites excluding steroid dienone is 1. The van der Waals surface area contributed by atoms with Gasteiger partial charge in [0, 0.05) is 6.61 Å². The number of hydrogen-bond acceptors (Lipinski definition) is 2. The fraction of sp³-hybridized carbons (Fsp3) is 0.333. The van der Waals surface area contributed by atoms with Gasteiger partial charge in [-0.15, -0.1) is 0 Å². The molecule has 1 N–H and O–H groups in total. The third kappa shape index (κ3) is 2.60. The van der Waals surface area contributed by atoms with Crippen LogP contribution >= 0.6 is 0 Å². The van der Waals surface area contributed by atoms with E-state index in [1.807, 2.05) is 37.3 Å². The van der Waals surface area contributed by atoms with Crippen LogP contribution in [0.25, 0.3) is 5.57 Å². The molecule has 0 bridgehead atoms. The fourth-order valence-electron chi connectivity index (χ4n) is 1.38. The Labute approximate surface area is 84.8 Å². The van der Waals surface area contributed by atoms with Gasteiger partial charge < -0.3 is 9.84 Å². The summed E-state index contributed by atoms with van der Waals surface area (Å²) in [6, 6.07) is 7.86. The Balaban J connectivity index is 2.84. The van der Waals surface area contributed by atoms with Gasteiger partial charge in [-0.1, -0.05) is 18.2 Å². The second-order valence-corrected chi connectivity index (χ2v) is 3.02. The molecule has 1 aromatic carbocycles. The van der Waals surface area contributed by atoms with Gasteiger partial charge in [0.15, 0.2) is 0 Å². The Morgan fingerprint density at radius 1 is 1.36 bits per heavy atom. The van der Waals surface area contributed by atoms with Gasteiger partial charge in [-0.05, 0) is 36.6 Å². The van der Waals surface area contributed by atoms with Crippen LogP contribution in [0.2, 0.25) is 0 Å². The molecule has 0 fully saturated rings. The van der Waals surface area contributed by atoms with Crippen molar-refractivity contribution in [2.45, 2.75) is 13.3 Å². The van der Waals surface area contributed by atoms with E-state index in [0.29, 0.717) is 6.42 Å². The van der Waals surface area contributed by atoms with Crippen molar-refractivity contribution in [3.63, 3.8) is 0 Å². The predicted octanol–water partition coefficient (Wildman–Crippen LogP) is 2.48. The zero-order valence-corrected chi connectivity index (χ0v) is 8.66. The molecule has 14 heavy (non-hydrogen) atoms. The molecule has 0 radical (unpaired) electrons. The normalized spacial score (nSPS) is 11.5. The summed E-state index contributed by atoms with van der Waals surface area (Å²) in [7, 11) is 1.65.